The first-order valence-electron chi connectivity index (χ1n) is 10.0. The van der Waals surface area contributed by atoms with Crippen LogP contribution < -0.4 is 10.6 Å². The summed E-state index contributed by atoms with van der Waals surface area (Å²) in [4.78, 5) is 33.7. The molecule has 0 fully saturated rings. The topological polar surface area (TPSA) is 84.0 Å². The number of benzene rings is 2. The number of rotatable bonds is 6. The highest BCUT2D eigenvalue weighted by atomic mass is 32.1. The smallest absolute Gasteiger partial charge is 0.257 e. The van der Waals surface area contributed by atoms with Crippen molar-refractivity contribution in [3.8, 4) is 11.3 Å². The average Bonchev–Trinajstić information content (AvgIpc) is 3.40. The molecule has 6 nitrogen and oxygen atoms in total. The molecule has 0 unspecified atom stereocenters. The van der Waals surface area contributed by atoms with E-state index < -0.39 is 0 Å². The Morgan fingerprint density at radius 3 is 2.31 bits per heavy atom. The molecular weight excluding hydrogens is 440 g/mol. The number of anilines is 2. The molecule has 0 saturated heterocycles. The van der Waals surface area contributed by atoms with E-state index in [0.717, 1.165) is 16.8 Å². The zero-order valence-electron chi connectivity index (χ0n) is 17.9. The maximum Gasteiger partial charge on any atom is 0.257 e. The summed E-state index contributed by atoms with van der Waals surface area (Å²) < 4.78 is 0. The van der Waals surface area contributed by atoms with Gasteiger partial charge >= 0.3 is 0 Å². The van der Waals surface area contributed by atoms with Gasteiger partial charge in [-0.2, -0.15) is 0 Å². The second-order valence-electron chi connectivity index (χ2n) is 7.48. The SMILES string of the molecule is Cc1cc(C)c(-c2csc(NC(=O)Cc3csc(NC(=O)c4ccccc4)n3)n2)cc1C. The van der Waals surface area contributed by atoms with Crippen LogP contribution in [0.4, 0.5) is 10.3 Å². The molecule has 2 amide bonds. The molecule has 4 rings (SSSR count). The molecule has 0 radical (unpaired) electrons. The molecule has 162 valence electrons. The molecule has 2 aromatic heterocycles. The molecule has 2 N–H and O–H groups in total. The number of nitrogens with zero attached hydrogens (tertiary/aromatic N) is 2. The maximum absolute atomic E-state index is 12.5. The lowest BCUT2D eigenvalue weighted by Gasteiger charge is -2.07. The first-order valence-corrected chi connectivity index (χ1v) is 11.8. The third-order valence-corrected chi connectivity index (χ3v) is 6.58. The van der Waals surface area contributed by atoms with E-state index in [1.54, 1.807) is 29.6 Å². The second kappa shape index (κ2) is 9.42. The molecule has 0 atom stereocenters. The van der Waals surface area contributed by atoms with Crippen LogP contribution in [0.15, 0.2) is 53.2 Å². The zero-order valence-corrected chi connectivity index (χ0v) is 19.6. The normalized spacial score (nSPS) is 10.7. The maximum atomic E-state index is 12.5. The van der Waals surface area contributed by atoms with Gasteiger partial charge in [0.05, 0.1) is 17.8 Å². The molecule has 8 heteroatoms. The van der Waals surface area contributed by atoms with Crippen molar-refractivity contribution in [2.45, 2.75) is 27.2 Å². The Morgan fingerprint density at radius 2 is 1.53 bits per heavy atom. The standard InChI is InChI=1S/C24H22N4O2S2/c1-14-9-16(3)19(10-15(14)2)20-13-32-24(26-20)27-21(29)11-18-12-31-23(25-18)28-22(30)17-7-5-4-6-8-17/h4-10,12-13H,11H2,1-3H3,(H,25,28,30)(H,26,27,29). The van der Waals surface area contributed by atoms with Gasteiger partial charge in [0.25, 0.3) is 5.91 Å². The van der Waals surface area contributed by atoms with Gasteiger partial charge in [-0.25, -0.2) is 9.97 Å². The lowest BCUT2D eigenvalue weighted by molar-refractivity contribution is -0.115. The van der Waals surface area contributed by atoms with Crippen molar-refractivity contribution in [3.05, 3.63) is 81.2 Å². The van der Waals surface area contributed by atoms with Crippen molar-refractivity contribution in [2.24, 2.45) is 0 Å². The molecule has 2 aromatic carbocycles. The van der Waals surface area contributed by atoms with E-state index in [0.29, 0.717) is 21.5 Å². The van der Waals surface area contributed by atoms with E-state index in [1.807, 2.05) is 11.4 Å². The molecule has 2 heterocycles. The van der Waals surface area contributed by atoms with Crippen molar-refractivity contribution >= 4 is 44.8 Å². The summed E-state index contributed by atoms with van der Waals surface area (Å²) in [5, 5.41) is 10.3. The third-order valence-electron chi connectivity index (χ3n) is 5.02. The van der Waals surface area contributed by atoms with Gasteiger partial charge < -0.3 is 5.32 Å². The lowest BCUT2D eigenvalue weighted by atomic mass is 9.99. The van der Waals surface area contributed by atoms with Gasteiger partial charge in [0.2, 0.25) is 5.91 Å². The summed E-state index contributed by atoms with van der Waals surface area (Å²) in [5.74, 6) is -0.429. The van der Waals surface area contributed by atoms with E-state index in [-0.39, 0.29) is 18.2 Å². The summed E-state index contributed by atoms with van der Waals surface area (Å²) in [5.41, 5.74) is 6.69. The molecule has 0 aliphatic heterocycles. The van der Waals surface area contributed by atoms with Gasteiger partial charge in [-0.05, 0) is 55.7 Å². The Labute approximate surface area is 194 Å². The lowest BCUT2D eigenvalue weighted by Crippen LogP contribution is -2.15. The van der Waals surface area contributed by atoms with Gasteiger partial charge in [-0.3, -0.25) is 14.9 Å². The second-order valence-corrected chi connectivity index (χ2v) is 9.19. The predicted octanol–water partition coefficient (Wildman–Crippen LogP) is 5.63. The summed E-state index contributed by atoms with van der Waals surface area (Å²) in [6.07, 6.45) is 0.106. The Hall–Kier alpha value is -3.36. The quantitative estimate of drug-likeness (QED) is 0.389. The van der Waals surface area contributed by atoms with Crippen LogP contribution in [0.5, 0.6) is 0 Å². The predicted molar refractivity (Wildman–Crippen MR) is 131 cm³/mol. The molecule has 0 aliphatic rings. The van der Waals surface area contributed by atoms with Crippen molar-refractivity contribution in [3.63, 3.8) is 0 Å². The first-order chi connectivity index (χ1) is 15.4. The van der Waals surface area contributed by atoms with Gasteiger partial charge in [-0.1, -0.05) is 24.3 Å². The van der Waals surface area contributed by atoms with Crippen LogP contribution in [0.2, 0.25) is 0 Å². The van der Waals surface area contributed by atoms with Gasteiger partial charge in [-0.15, -0.1) is 22.7 Å². The van der Waals surface area contributed by atoms with Crippen LogP contribution in [-0.4, -0.2) is 21.8 Å². The Morgan fingerprint density at radius 1 is 0.844 bits per heavy atom. The average molecular weight is 463 g/mol. The van der Waals surface area contributed by atoms with Crippen molar-refractivity contribution in [1.82, 2.24) is 9.97 Å². The summed E-state index contributed by atoms with van der Waals surface area (Å²) in [7, 11) is 0. The van der Waals surface area contributed by atoms with Crippen molar-refractivity contribution in [1.29, 1.82) is 0 Å². The number of thiazole rings is 2. The zero-order chi connectivity index (χ0) is 22.7. The third kappa shape index (κ3) is 5.09. The van der Waals surface area contributed by atoms with E-state index in [2.05, 4.69) is 53.5 Å². The number of aryl methyl sites for hydroxylation is 3. The van der Waals surface area contributed by atoms with Crippen LogP contribution in [0, 0.1) is 20.8 Å². The number of aromatic nitrogens is 2. The Bertz CT molecular complexity index is 1280. The van der Waals surface area contributed by atoms with Crippen molar-refractivity contribution in [2.75, 3.05) is 10.6 Å². The summed E-state index contributed by atoms with van der Waals surface area (Å²) >= 11 is 2.69. The summed E-state index contributed by atoms with van der Waals surface area (Å²) in [6.45, 7) is 6.24. The first kappa shape index (κ1) is 21.9. The fourth-order valence-corrected chi connectivity index (χ4v) is 4.66. The highest BCUT2D eigenvalue weighted by molar-refractivity contribution is 7.14. The number of nitrogens with one attached hydrogen (secondary N) is 2. The van der Waals surface area contributed by atoms with Gasteiger partial charge in [0, 0.05) is 21.9 Å². The number of hydrogen-bond donors (Lipinski definition) is 2. The highest BCUT2D eigenvalue weighted by Crippen LogP contribution is 2.29. The largest absolute Gasteiger partial charge is 0.302 e. The molecule has 4 aromatic rings. The number of amides is 2. The number of carbonyl (C=O) groups excluding carboxylic acids is 2. The number of hydrogen-bond acceptors (Lipinski definition) is 6. The van der Waals surface area contributed by atoms with Crippen LogP contribution in [0.3, 0.4) is 0 Å². The number of carbonyl (C=O) groups is 2. The minimum Gasteiger partial charge on any atom is -0.302 e. The van der Waals surface area contributed by atoms with Crippen LogP contribution in [0.1, 0.15) is 32.7 Å². The van der Waals surface area contributed by atoms with Gasteiger partial charge in [0.1, 0.15) is 0 Å². The molecule has 0 saturated carbocycles. The summed E-state index contributed by atoms with van der Waals surface area (Å²) in [6, 6.07) is 13.2. The molecule has 0 spiro atoms. The van der Waals surface area contributed by atoms with E-state index >= 15 is 0 Å². The van der Waals surface area contributed by atoms with Crippen LogP contribution in [-0.2, 0) is 11.2 Å². The van der Waals surface area contributed by atoms with Crippen LogP contribution in [0.25, 0.3) is 11.3 Å². The van der Waals surface area contributed by atoms with E-state index in [1.165, 1.54) is 33.8 Å². The van der Waals surface area contributed by atoms with Crippen LogP contribution >= 0.6 is 22.7 Å². The Kier molecular flexibility index (Phi) is 6.43. The fraction of sp³-hybridized carbons (Fsp3) is 0.167. The van der Waals surface area contributed by atoms with E-state index in [4.69, 9.17) is 0 Å². The molecule has 32 heavy (non-hydrogen) atoms. The monoisotopic (exact) mass is 462 g/mol. The molecule has 0 aliphatic carbocycles. The fourth-order valence-electron chi connectivity index (χ4n) is 3.22. The van der Waals surface area contributed by atoms with E-state index in [9.17, 15) is 9.59 Å². The highest BCUT2D eigenvalue weighted by Gasteiger charge is 2.14. The minimum atomic E-state index is -0.229. The van der Waals surface area contributed by atoms with Crippen molar-refractivity contribution < 1.29 is 9.59 Å². The molecule has 0 bridgehead atoms. The Balaban J connectivity index is 1.37. The minimum absolute atomic E-state index is 0.106. The molecular formula is C24H22N4O2S2. The van der Waals surface area contributed by atoms with Gasteiger partial charge in [0.15, 0.2) is 10.3 Å².